The van der Waals surface area contributed by atoms with E-state index in [9.17, 15) is 30.8 Å². The molecule has 0 bridgehead atoms. The highest BCUT2D eigenvalue weighted by molar-refractivity contribution is 7.89. The molecule has 0 atom stereocenters. The molecule has 0 radical (unpaired) electrons. The summed E-state index contributed by atoms with van der Waals surface area (Å²) in [4.78, 5) is 18.4. The summed E-state index contributed by atoms with van der Waals surface area (Å²) >= 11 is 1.03. The van der Waals surface area contributed by atoms with Crippen LogP contribution in [0.4, 0.5) is 28.4 Å². The van der Waals surface area contributed by atoms with Crippen LogP contribution in [0.2, 0.25) is 0 Å². The molecule has 0 saturated heterocycles. The largest absolute Gasteiger partial charge is 0.419 e. The number of aromatic nitrogens is 1. The summed E-state index contributed by atoms with van der Waals surface area (Å²) in [5.41, 5.74) is -0.547. The zero-order valence-corrected chi connectivity index (χ0v) is 19.3. The van der Waals surface area contributed by atoms with Crippen LogP contribution >= 0.6 is 11.3 Å². The van der Waals surface area contributed by atoms with Crippen molar-refractivity contribution in [3.05, 3.63) is 75.5 Å². The second-order valence-corrected chi connectivity index (χ2v) is 10.1. The van der Waals surface area contributed by atoms with Crippen molar-refractivity contribution in [3.8, 4) is 6.07 Å². The van der Waals surface area contributed by atoms with Crippen LogP contribution in [0.15, 0.2) is 42.5 Å². The van der Waals surface area contributed by atoms with Gasteiger partial charge in [-0.3, -0.25) is 4.79 Å². The summed E-state index contributed by atoms with van der Waals surface area (Å²) in [5, 5.41) is 9.24. The van der Waals surface area contributed by atoms with Crippen LogP contribution in [-0.4, -0.2) is 25.6 Å². The molecule has 0 saturated carbocycles. The van der Waals surface area contributed by atoms with Crippen molar-refractivity contribution in [1.29, 1.82) is 5.26 Å². The molecule has 1 N–H and O–H groups in total. The number of anilines is 2. The quantitative estimate of drug-likeness (QED) is 0.488. The Hall–Kier alpha value is -3.50. The first-order chi connectivity index (χ1) is 15.8. The SMILES string of the molecule is Cc1sc(N(Cc2ccc(C(F)(F)F)c(F)c2)c2ccc(C#N)cc2)nc1C(=O)NS(C)(=O)=O. The number of nitrogens with one attached hydrogen (secondary N) is 1. The average molecular weight is 513 g/mol. The number of nitrogens with zero attached hydrogens (tertiary/aromatic N) is 3. The molecule has 0 spiro atoms. The topological polar surface area (TPSA) is 103 Å². The Labute approximate surface area is 196 Å². The number of aryl methyl sites for hydroxylation is 1. The van der Waals surface area contributed by atoms with Crippen LogP contribution in [-0.2, 0) is 22.7 Å². The first-order valence-corrected chi connectivity index (χ1v) is 12.1. The molecule has 178 valence electrons. The van der Waals surface area contributed by atoms with Gasteiger partial charge < -0.3 is 4.90 Å². The van der Waals surface area contributed by atoms with Gasteiger partial charge in [-0.05, 0) is 48.9 Å². The number of amides is 1. The van der Waals surface area contributed by atoms with Crippen LogP contribution in [0, 0.1) is 24.1 Å². The predicted molar refractivity (Wildman–Crippen MR) is 118 cm³/mol. The molecule has 2 aromatic carbocycles. The number of halogens is 4. The van der Waals surface area contributed by atoms with Gasteiger partial charge in [0.1, 0.15) is 11.5 Å². The number of carbonyl (C=O) groups excluding carboxylic acids is 1. The van der Waals surface area contributed by atoms with E-state index < -0.39 is 33.5 Å². The highest BCUT2D eigenvalue weighted by Gasteiger charge is 2.34. The monoisotopic (exact) mass is 512 g/mol. The van der Waals surface area contributed by atoms with Crippen LogP contribution < -0.4 is 9.62 Å². The van der Waals surface area contributed by atoms with Gasteiger partial charge in [0.25, 0.3) is 5.91 Å². The highest BCUT2D eigenvalue weighted by Crippen LogP contribution is 2.35. The minimum atomic E-state index is -4.84. The summed E-state index contributed by atoms with van der Waals surface area (Å²) in [6.07, 6.45) is -4.03. The van der Waals surface area contributed by atoms with Crippen molar-refractivity contribution in [1.82, 2.24) is 9.71 Å². The fourth-order valence-electron chi connectivity index (χ4n) is 2.98. The fourth-order valence-corrected chi connectivity index (χ4v) is 4.34. The summed E-state index contributed by atoms with van der Waals surface area (Å²) in [7, 11) is -3.84. The van der Waals surface area contributed by atoms with E-state index in [4.69, 9.17) is 5.26 Å². The number of carbonyl (C=O) groups is 1. The second-order valence-electron chi connectivity index (χ2n) is 7.16. The molecule has 0 aliphatic heterocycles. The molecule has 3 aromatic rings. The Morgan fingerprint density at radius 3 is 2.38 bits per heavy atom. The van der Waals surface area contributed by atoms with Gasteiger partial charge in [0, 0.05) is 10.6 Å². The van der Waals surface area contributed by atoms with Gasteiger partial charge in [0.15, 0.2) is 5.13 Å². The van der Waals surface area contributed by atoms with Gasteiger partial charge in [0.2, 0.25) is 10.0 Å². The Morgan fingerprint density at radius 2 is 1.85 bits per heavy atom. The average Bonchev–Trinajstić information content (AvgIpc) is 3.11. The number of benzene rings is 2. The molecule has 7 nitrogen and oxygen atoms in total. The molecule has 34 heavy (non-hydrogen) atoms. The Bertz CT molecular complexity index is 1380. The van der Waals surface area contributed by atoms with E-state index in [1.54, 1.807) is 19.1 Å². The van der Waals surface area contributed by atoms with Gasteiger partial charge in [-0.25, -0.2) is 22.5 Å². The van der Waals surface area contributed by atoms with Crippen molar-refractivity contribution in [2.24, 2.45) is 0 Å². The molecule has 0 aliphatic rings. The third-order valence-corrected chi connectivity index (χ3v) is 6.05. The van der Waals surface area contributed by atoms with Crippen LogP contribution in [0.5, 0.6) is 0 Å². The number of nitriles is 1. The van der Waals surface area contributed by atoms with E-state index in [-0.39, 0.29) is 22.9 Å². The first kappa shape index (κ1) is 25.1. The van der Waals surface area contributed by atoms with Crippen LogP contribution in [0.1, 0.15) is 32.1 Å². The molecular formula is C21H16F4N4O3S2. The van der Waals surface area contributed by atoms with E-state index >= 15 is 0 Å². The number of hydrogen-bond acceptors (Lipinski definition) is 7. The Kier molecular flexibility index (Phi) is 6.94. The minimum absolute atomic E-state index is 0.124. The van der Waals surface area contributed by atoms with Crippen molar-refractivity contribution in [2.75, 3.05) is 11.2 Å². The summed E-state index contributed by atoms with van der Waals surface area (Å²) in [6.45, 7) is 1.42. The first-order valence-electron chi connectivity index (χ1n) is 9.41. The molecule has 3 rings (SSSR count). The van der Waals surface area contributed by atoms with Crippen LogP contribution in [0.25, 0.3) is 0 Å². The standard InChI is InChI=1S/C21H16F4N4O3S2/c1-12-18(19(30)28-34(2,31)32)27-20(33-12)29(15-6-3-13(10-26)4-7-15)11-14-5-8-16(17(22)9-14)21(23,24)25/h3-9H,11H2,1-2H3,(H,28,30). The molecule has 0 unspecified atom stereocenters. The highest BCUT2D eigenvalue weighted by atomic mass is 32.2. The number of rotatable bonds is 6. The van der Waals surface area contributed by atoms with Crippen molar-refractivity contribution >= 4 is 38.1 Å². The third kappa shape index (κ3) is 5.89. The second kappa shape index (κ2) is 9.40. The molecule has 0 aliphatic carbocycles. The molecule has 1 amide bonds. The van der Waals surface area contributed by atoms with Crippen molar-refractivity contribution in [3.63, 3.8) is 0 Å². The zero-order chi connectivity index (χ0) is 25.3. The predicted octanol–water partition coefficient (Wildman–Crippen LogP) is 4.51. The third-order valence-electron chi connectivity index (χ3n) is 4.50. The van der Waals surface area contributed by atoms with Gasteiger partial charge in [-0.2, -0.15) is 18.4 Å². The van der Waals surface area contributed by atoms with E-state index in [0.29, 0.717) is 22.2 Å². The maximum Gasteiger partial charge on any atom is 0.419 e. The van der Waals surface area contributed by atoms with Gasteiger partial charge in [-0.1, -0.05) is 6.07 Å². The van der Waals surface area contributed by atoms with Crippen molar-refractivity contribution < 1.29 is 30.8 Å². The molecule has 1 heterocycles. The van der Waals surface area contributed by atoms with Gasteiger partial charge in [-0.15, -0.1) is 11.3 Å². The van der Waals surface area contributed by atoms with E-state index in [1.165, 1.54) is 17.0 Å². The van der Waals surface area contributed by atoms with E-state index in [1.807, 2.05) is 10.8 Å². The summed E-state index contributed by atoms with van der Waals surface area (Å²) in [5.74, 6) is -2.38. The fraction of sp³-hybridized carbons (Fsp3) is 0.190. The lowest BCUT2D eigenvalue weighted by Crippen LogP contribution is -2.30. The smallest absolute Gasteiger partial charge is 0.313 e. The van der Waals surface area contributed by atoms with Gasteiger partial charge in [0.05, 0.1) is 30.0 Å². The summed E-state index contributed by atoms with van der Waals surface area (Å²) < 4.78 is 77.5. The number of hydrogen-bond donors (Lipinski definition) is 1. The molecular weight excluding hydrogens is 496 g/mol. The van der Waals surface area contributed by atoms with E-state index in [2.05, 4.69) is 4.98 Å². The Balaban J connectivity index is 2.04. The molecule has 0 fully saturated rings. The lowest BCUT2D eigenvalue weighted by molar-refractivity contribution is -0.140. The molecule has 1 aromatic heterocycles. The maximum absolute atomic E-state index is 14.1. The lowest BCUT2D eigenvalue weighted by atomic mass is 10.1. The maximum atomic E-state index is 14.1. The van der Waals surface area contributed by atoms with E-state index in [0.717, 1.165) is 29.7 Å². The van der Waals surface area contributed by atoms with Crippen molar-refractivity contribution in [2.45, 2.75) is 19.6 Å². The summed E-state index contributed by atoms with van der Waals surface area (Å²) in [6, 6.07) is 10.6. The number of sulfonamides is 1. The van der Waals surface area contributed by atoms with Crippen LogP contribution in [0.3, 0.4) is 0 Å². The lowest BCUT2D eigenvalue weighted by Gasteiger charge is -2.22. The zero-order valence-electron chi connectivity index (χ0n) is 17.6. The Morgan fingerprint density at radius 1 is 1.21 bits per heavy atom. The minimum Gasteiger partial charge on any atom is -0.313 e. The van der Waals surface area contributed by atoms with Gasteiger partial charge >= 0.3 is 6.18 Å². The number of thiazole rings is 1. The number of alkyl halides is 3. The normalized spacial score (nSPS) is 11.7. The molecule has 13 heteroatoms.